The van der Waals surface area contributed by atoms with Gasteiger partial charge in [0.15, 0.2) is 6.10 Å². The summed E-state index contributed by atoms with van der Waals surface area (Å²) in [6.07, 6.45) is -1.18. The van der Waals surface area contributed by atoms with Gasteiger partial charge in [0.1, 0.15) is 6.54 Å². The number of aryl methyl sites for hydroxylation is 2. The van der Waals surface area contributed by atoms with Crippen molar-refractivity contribution < 1.29 is 23.9 Å². The van der Waals surface area contributed by atoms with Crippen LogP contribution >= 0.6 is 0 Å². The van der Waals surface area contributed by atoms with Gasteiger partial charge in [-0.05, 0) is 64.8 Å². The number of rotatable bonds is 5. The summed E-state index contributed by atoms with van der Waals surface area (Å²) in [5.41, 5.74) is 1.93. The van der Waals surface area contributed by atoms with Crippen LogP contribution in [0.1, 0.15) is 49.2 Å². The van der Waals surface area contributed by atoms with Crippen molar-refractivity contribution in [1.82, 2.24) is 16.0 Å². The number of ether oxygens (including phenoxy) is 1. The molecular weight excluding hydrogens is 350 g/mol. The van der Waals surface area contributed by atoms with Gasteiger partial charge in [0, 0.05) is 11.1 Å². The zero-order valence-corrected chi connectivity index (χ0v) is 16.6. The summed E-state index contributed by atoms with van der Waals surface area (Å²) in [5.74, 6) is -1.96. The van der Waals surface area contributed by atoms with Crippen LogP contribution in [-0.4, -0.2) is 42.0 Å². The highest BCUT2D eigenvalue weighted by atomic mass is 16.5. The molecule has 1 aromatic rings. The van der Waals surface area contributed by atoms with Gasteiger partial charge >= 0.3 is 12.0 Å². The lowest BCUT2D eigenvalue weighted by Gasteiger charge is -2.21. The zero-order valence-electron chi connectivity index (χ0n) is 16.6. The summed E-state index contributed by atoms with van der Waals surface area (Å²) in [7, 11) is 0. The van der Waals surface area contributed by atoms with Crippen molar-refractivity contribution in [2.24, 2.45) is 0 Å². The molecule has 0 saturated heterocycles. The smallest absolute Gasteiger partial charge is 0.326 e. The Balaban J connectivity index is 2.46. The maximum absolute atomic E-state index is 12.1. The molecule has 1 atom stereocenters. The Morgan fingerprint density at radius 3 is 2.26 bits per heavy atom. The summed E-state index contributed by atoms with van der Waals surface area (Å²) in [5, 5.41) is 7.08. The van der Waals surface area contributed by atoms with E-state index in [2.05, 4.69) is 16.0 Å². The van der Waals surface area contributed by atoms with Gasteiger partial charge < -0.3 is 15.4 Å². The largest absolute Gasteiger partial charge is 0.451 e. The predicted molar refractivity (Wildman–Crippen MR) is 100 cm³/mol. The van der Waals surface area contributed by atoms with Crippen molar-refractivity contribution in [2.75, 3.05) is 6.54 Å². The fraction of sp³-hybridized carbons (Fsp3) is 0.474. The van der Waals surface area contributed by atoms with Gasteiger partial charge in [0.25, 0.3) is 11.8 Å². The molecule has 27 heavy (non-hydrogen) atoms. The predicted octanol–water partition coefficient (Wildman–Crippen LogP) is 1.59. The summed E-state index contributed by atoms with van der Waals surface area (Å²) < 4.78 is 4.93. The fourth-order valence-corrected chi connectivity index (χ4v) is 2.01. The number of carbonyl (C=O) groups is 4. The number of esters is 1. The Morgan fingerprint density at radius 1 is 1.07 bits per heavy atom. The first-order valence-electron chi connectivity index (χ1n) is 8.57. The highest BCUT2D eigenvalue weighted by Crippen LogP contribution is 2.09. The average molecular weight is 377 g/mol. The topological polar surface area (TPSA) is 114 Å². The van der Waals surface area contributed by atoms with E-state index in [1.807, 2.05) is 19.9 Å². The Morgan fingerprint density at radius 2 is 1.70 bits per heavy atom. The van der Waals surface area contributed by atoms with E-state index in [1.165, 1.54) is 6.92 Å². The van der Waals surface area contributed by atoms with E-state index in [1.54, 1.807) is 32.9 Å². The summed E-state index contributed by atoms with van der Waals surface area (Å²) in [6.45, 7) is 10.1. The molecule has 3 N–H and O–H groups in total. The lowest BCUT2D eigenvalue weighted by atomic mass is 10.1. The Labute approximate surface area is 159 Å². The van der Waals surface area contributed by atoms with Crippen LogP contribution in [0.3, 0.4) is 0 Å². The van der Waals surface area contributed by atoms with Crippen LogP contribution < -0.4 is 16.0 Å². The van der Waals surface area contributed by atoms with Crippen molar-refractivity contribution in [3.63, 3.8) is 0 Å². The van der Waals surface area contributed by atoms with Crippen molar-refractivity contribution in [3.05, 3.63) is 34.9 Å². The van der Waals surface area contributed by atoms with Crippen LogP contribution in [0.4, 0.5) is 4.79 Å². The van der Waals surface area contributed by atoms with Gasteiger partial charge in [-0.25, -0.2) is 4.79 Å². The van der Waals surface area contributed by atoms with Crippen LogP contribution in [0.25, 0.3) is 0 Å². The van der Waals surface area contributed by atoms with Crippen molar-refractivity contribution in [1.29, 1.82) is 0 Å². The van der Waals surface area contributed by atoms with Gasteiger partial charge in [0.2, 0.25) is 0 Å². The molecule has 1 aromatic carbocycles. The first kappa shape index (κ1) is 22.1. The molecule has 0 radical (unpaired) electrons. The molecule has 8 nitrogen and oxygen atoms in total. The monoisotopic (exact) mass is 377 g/mol. The van der Waals surface area contributed by atoms with Crippen LogP contribution in [0.5, 0.6) is 0 Å². The number of nitrogens with one attached hydrogen (secondary N) is 3. The zero-order chi connectivity index (χ0) is 20.8. The molecule has 148 valence electrons. The third-order valence-electron chi connectivity index (χ3n) is 3.57. The molecule has 0 aliphatic rings. The quantitative estimate of drug-likeness (QED) is 0.674. The summed E-state index contributed by atoms with van der Waals surface area (Å²) in [4.78, 5) is 47.4. The first-order valence-corrected chi connectivity index (χ1v) is 8.57. The molecule has 4 amide bonds. The van der Waals surface area contributed by atoms with Gasteiger partial charge in [-0.1, -0.05) is 6.07 Å². The fourth-order valence-electron chi connectivity index (χ4n) is 2.01. The molecule has 0 bridgehead atoms. The molecule has 1 rings (SSSR count). The van der Waals surface area contributed by atoms with Crippen LogP contribution in [0.15, 0.2) is 18.2 Å². The molecule has 0 aromatic heterocycles. The van der Waals surface area contributed by atoms with Crippen LogP contribution in [0.2, 0.25) is 0 Å². The Kier molecular flexibility index (Phi) is 7.51. The van der Waals surface area contributed by atoms with Gasteiger partial charge in [-0.15, -0.1) is 0 Å². The number of amides is 4. The standard InChI is InChI=1S/C19H27N3O5/c1-11-7-8-14(9-12(11)2)17(25)20-10-15(23)27-13(3)16(24)21-18(26)22-19(4,5)6/h7-9,13H,10H2,1-6H3,(H,20,25)(H2,21,22,24,26)/t13-/m1/s1. The lowest BCUT2D eigenvalue weighted by molar-refractivity contribution is -0.153. The Hall–Kier alpha value is -2.90. The molecule has 0 spiro atoms. The van der Waals surface area contributed by atoms with Gasteiger partial charge in [0.05, 0.1) is 0 Å². The number of hydrogen-bond donors (Lipinski definition) is 3. The van der Waals surface area contributed by atoms with Crippen molar-refractivity contribution in [2.45, 2.75) is 53.2 Å². The normalized spacial score (nSPS) is 11.9. The van der Waals surface area contributed by atoms with E-state index in [0.717, 1.165) is 11.1 Å². The highest BCUT2D eigenvalue weighted by Gasteiger charge is 2.22. The minimum Gasteiger partial charge on any atom is -0.451 e. The molecule has 0 heterocycles. The van der Waals surface area contributed by atoms with Crippen LogP contribution in [-0.2, 0) is 14.3 Å². The second-order valence-electron chi connectivity index (χ2n) is 7.31. The number of hydrogen-bond acceptors (Lipinski definition) is 5. The second-order valence-corrected chi connectivity index (χ2v) is 7.31. The molecule has 0 unspecified atom stereocenters. The molecule has 0 saturated carbocycles. The molecule has 0 aliphatic carbocycles. The number of benzene rings is 1. The minimum absolute atomic E-state index is 0.391. The van der Waals surface area contributed by atoms with Crippen molar-refractivity contribution >= 4 is 23.8 Å². The van der Waals surface area contributed by atoms with Gasteiger partial charge in [-0.2, -0.15) is 0 Å². The first-order chi connectivity index (χ1) is 12.4. The Bertz CT molecular complexity index is 737. The molecule has 0 aliphatic heterocycles. The summed E-state index contributed by atoms with van der Waals surface area (Å²) >= 11 is 0. The number of urea groups is 1. The molecular formula is C19H27N3O5. The lowest BCUT2D eigenvalue weighted by Crippen LogP contribution is -2.50. The van der Waals surface area contributed by atoms with E-state index in [0.29, 0.717) is 5.56 Å². The highest BCUT2D eigenvalue weighted by molar-refractivity contribution is 5.98. The third kappa shape index (κ3) is 7.89. The minimum atomic E-state index is -1.18. The molecule has 8 heteroatoms. The molecule has 0 fully saturated rings. The van der Waals surface area contributed by atoms with Gasteiger partial charge in [-0.3, -0.25) is 19.7 Å². The summed E-state index contributed by atoms with van der Waals surface area (Å²) in [6, 6.07) is 4.52. The number of imide groups is 1. The van der Waals surface area contributed by atoms with E-state index in [-0.39, 0.29) is 0 Å². The van der Waals surface area contributed by atoms with E-state index < -0.39 is 42.0 Å². The van der Waals surface area contributed by atoms with E-state index in [9.17, 15) is 19.2 Å². The van der Waals surface area contributed by atoms with Crippen LogP contribution in [0, 0.1) is 13.8 Å². The maximum atomic E-state index is 12.1. The second kappa shape index (κ2) is 9.16. The maximum Gasteiger partial charge on any atom is 0.326 e. The average Bonchev–Trinajstić information content (AvgIpc) is 2.53. The third-order valence-corrected chi connectivity index (χ3v) is 3.57. The van der Waals surface area contributed by atoms with Crippen molar-refractivity contribution in [3.8, 4) is 0 Å². The number of carbonyl (C=O) groups excluding carboxylic acids is 4. The van der Waals surface area contributed by atoms with E-state index >= 15 is 0 Å². The van der Waals surface area contributed by atoms with E-state index in [4.69, 9.17) is 4.74 Å². The SMILES string of the molecule is Cc1ccc(C(=O)NCC(=O)O[C@H](C)C(=O)NC(=O)NC(C)(C)C)cc1C.